The summed E-state index contributed by atoms with van der Waals surface area (Å²) in [6, 6.07) is 8.95. The Kier molecular flexibility index (Phi) is 6.08. The van der Waals surface area contributed by atoms with Crippen LogP contribution in [-0.2, 0) is 24.0 Å². The molecule has 0 saturated carbocycles. The molecule has 11 heteroatoms. The molecule has 0 spiro atoms. The van der Waals surface area contributed by atoms with Gasteiger partial charge in [0.25, 0.3) is 5.91 Å². The fourth-order valence-electron chi connectivity index (χ4n) is 3.49. The summed E-state index contributed by atoms with van der Waals surface area (Å²) < 4.78 is 44.4. The van der Waals surface area contributed by atoms with Crippen LogP contribution in [0.2, 0.25) is 0 Å². The van der Waals surface area contributed by atoms with Crippen LogP contribution in [-0.4, -0.2) is 64.3 Å². The number of aliphatic hydroxyl groups excluding tert-OH is 1. The second kappa shape index (κ2) is 8.77. The smallest absolute Gasteiger partial charge is 0.390 e. The summed E-state index contributed by atoms with van der Waals surface area (Å²) in [5, 5.41) is 15.5. The molecule has 3 N–H and O–H groups in total. The molecule has 0 radical (unpaired) electrons. The Morgan fingerprint density at radius 2 is 1.90 bits per heavy atom. The van der Waals surface area contributed by atoms with Gasteiger partial charge in [-0.2, -0.15) is 13.2 Å². The molecular weight excluding hydrogens is 415 g/mol. The van der Waals surface area contributed by atoms with E-state index in [0.29, 0.717) is 32.8 Å². The molecule has 166 valence electrons. The summed E-state index contributed by atoms with van der Waals surface area (Å²) in [5.41, 5.74) is 1.96. The Labute approximate surface area is 176 Å². The Bertz CT molecular complexity index is 927. The van der Waals surface area contributed by atoms with E-state index in [9.17, 15) is 23.1 Å². The van der Waals surface area contributed by atoms with Crippen molar-refractivity contribution < 1.29 is 27.8 Å². The van der Waals surface area contributed by atoms with Crippen LogP contribution >= 0.6 is 0 Å². The van der Waals surface area contributed by atoms with Crippen LogP contribution in [0.1, 0.15) is 27.4 Å². The lowest BCUT2D eigenvalue weighted by Crippen LogP contribution is -2.41. The molecule has 0 bridgehead atoms. The lowest BCUT2D eigenvalue weighted by Gasteiger charge is -2.27. The first-order chi connectivity index (χ1) is 14.8. The molecule has 4 rings (SSSR count). The number of β-amino-alcohol motifs (C(OH)–C–C–N with tert-alkyl or cyclic N) is 1. The summed E-state index contributed by atoms with van der Waals surface area (Å²) in [4.78, 5) is 21.3. The number of nitrogens with one attached hydrogen (secondary N) is 2. The number of aromatic nitrogens is 2. The van der Waals surface area contributed by atoms with Gasteiger partial charge in [-0.3, -0.25) is 9.69 Å². The molecule has 2 aliphatic heterocycles. The number of anilines is 1. The van der Waals surface area contributed by atoms with Crippen molar-refractivity contribution in [2.75, 3.05) is 31.6 Å². The number of carbonyl (C=O) groups is 1. The Hall–Kier alpha value is -2.76. The molecule has 1 aromatic carbocycles. The van der Waals surface area contributed by atoms with Crippen molar-refractivity contribution in [1.82, 2.24) is 20.2 Å². The maximum atomic E-state index is 13.1. The van der Waals surface area contributed by atoms with Crippen LogP contribution in [0.3, 0.4) is 0 Å². The number of ether oxygens (including phenoxy) is 1. The van der Waals surface area contributed by atoms with Crippen molar-refractivity contribution >= 4 is 11.7 Å². The molecule has 1 amide bonds. The van der Waals surface area contributed by atoms with E-state index in [-0.39, 0.29) is 18.4 Å². The van der Waals surface area contributed by atoms with Crippen LogP contribution < -0.4 is 10.6 Å². The van der Waals surface area contributed by atoms with E-state index >= 15 is 0 Å². The van der Waals surface area contributed by atoms with Crippen molar-refractivity contribution in [2.45, 2.75) is 31.4 Å². The van der Waals surface area contributed by atoms with Crippen LogP contribution in [0, 0.1) is 0 Å². The topological polar surface area (TPSA) is 99.6 Å². The van der Waals surface area contributed by atoms with Crippen LogP contribution in [0.5, 0.6) is 0 Å². The highest BCUT2D eigenvalue weighted by atomic mass is 19.4. The molecular formula is C20H22F3N5O3. The van der Waals surface area contributed by atoms with Crippen molar-refractivity contribution in [3.63, 3.8) is 0 Å². The standard InChI is InChI=1S/C20H22F3N5O3/c21-20(22,23)19-26-16(5-17(27-19)25-14-10-31-11-14)18(30)24-6-15(29)9-28-7-12-3-1-2-4-13(12)8-28/h1-5,14-15,29H,6-11H2,(H,24,30)(H,25,26,27)/t15-/m0/s1. The summed E-state index contributed by atoms with van der Waals surface area (Å²) in [7, 11) is 0. The first-order valence-electron chi connectivity index (χ1n) is 9.84. The number of halogens is 3. The van der Waals surface area contributed by atoms with Crippen molar-refractivity contribution in [3.05, 3.63) is 53.0 Å². The predicted molar refractivity (Wildman–Crippen MR) is 104 cm³/mol. The zero-order chi connectivity index (χ0) is 22.0. The van der Waals surface area contributed by atoms with Crippen molar-refractivity contribution in [2.24, 2.45) is 0 Å². The number of carbonyl (C=O) groups excluding carboxylic acids is 1. The molecule has 1 saturated heterocycles. The first-order valence-corrected chi connectivity index (χ1v) is 9.84. The van der Waals surface area contributed by atoms with Gasteiger partial charge in [0.15, 0.2) is 0 Å². The minimum Gasteiger partial charge on any atom is -0.390 e. The predicted octanol–water partition coefficient (Wildman–Crippen LogP) is 1.41. The monoisotopic (exact) mass is 437 g/mol. The van der Waals surface area contributed by atoms with E-state index in [1.807, 2.05) is 29.2 Å². The second-order valence-electron chi connectivity index (χ2n) is 7.64. The van der Waals surface area contributed by atoms with Gasteiger partial charge in [-0.15, -0.1) is 0 Å². The molecule has 8 nitrogen and oxygen atoms in total. The zero-order valence-corrected chi connectivity index (χ0v) is 16.5. The number of aliphatic hydroxyl groups is 1. The number of hydrogen-bond acceptors (Lipinski definition) is 7. The molecule has 1 atom stereocenters. The maximum absolute atomic E-state index is 13.1. The van der Waals surface area contributed by atoms with Gasteiger partial charge >= 0.3 is 6.18 Å². The summed E-state index contributed by atoms with van der Waals surface area (Å²) >= 11 is 0. The Morgan fingerprint density at radius 1 is 1.23 bits per heavy atom. The molecule has 31 heavy (non-hydrogen) atoms. The lowest BCUT2D eigenvalue weighted by atomic mass is 10.1. The molecule has 0 aliphatic carbocycles. The third-order valence-electron chi connectivity index (χ3n) is 5.08. The van der Waals surface area contributed by atoms with E-state index in [0.717, 1.165) is 6.07 Å². The van der Waals surface area contributed by atoms with Gasteiger partial charge in [0, 0.05) is 32.2 Å². The first kappa shape index (κ1) is 21.5. The van der Waals surface area contributed by atoms with Gasteiger partial charge < -0.3 is 20.5 Å². The quantitative estimate of drug-likeness (QED) is 0.602. The van der Waals surface area contributed by atoms with Crippen LogP contribution in [0.4, 0.5) is 19.0 Å². The van der Waals surface area contributed by atoms with Crippen molar-refractivity contribution in [3.8, 4) is 0 Å². The number of hydrogen-bond donors (Lipinski definition) is 3. The third-order valence-corrected chi connectivity index (χ3v) is 5.08. The Balaban J connectivity index is 1.35. The number of fused-ring (bicyclic) bond motifs is 1. The van der Waals surface area contributed by atoms with Crippen LogP contribution in [0.25, 0.3) is 0 Å². The average molecular weight is 437 g/mol. The Morgan fingerprint density at radius 3 is 2.48 bits per heavy atom. The summed E-state index contributed by atoms with van der Waals surface area (Å²) in [6.45, 7) is 2.29. The molecule has 3 heterocycles. The van der Waals surface area contributed by atoms with Gasteiger partial charge in [0.1, 0.15) is 11.5 Å². The molecule has 2 aliphatic rings. The zero-order valence-electron chi connectivity index (χ0n) is 16.5. The van der Waals surface area contributed by atoms with Crippen LogP contribution in [0.15, 0.2) is 30.3 Å². The number of amides is 1. The minimum atomic E-state index is -4.80. The van der Waals surface area contributed by atoms with Crippen molar-refractivity contribution in [1.29, 1.82) is 0 Å². The van der Waals surface area contributed by atoms with E-state index in [1.165, 1.54) is 11.1 Å². The largest absolute Gasteiger partial charge is 0.451 e. The number of benzene rings is 1. The molecule has 1 fully saturated rings. The van der Waals surface area contributed by atoms with Gasteiger partial charge in [-0.1, -0.05) is 24.3 Å². The fraction of sp³-hybridized carbons (Fsp3) is 0.450. The second-order valence-corrected chi connectivity index (χ2v) is 7.64. The third kappa shape index (κ3) is 5.30. The minimum absolute atomic E-state index is 0.101. The number of alkyl halides is 3. The van der Waals surface area contributed by atoms with E-state index in [2.05, 4.69) is 20.6 Å². The van der Waals surface area contributed by atoms with E-state index in [4.69, 9.17) is 4.74 Å². The number of nitrogens with zero attached hydrogens (tertiary/aromatic N) is 3. The molecule has 2 aromatic rings. The summed E-state index contributed by atoms with van der Waals surface area (Å²) in [5.74, 6) is -2.32. The SMILES string of the molecule is O=C(NC[C@H](O)CN1Cc2ccccc2C1)c1cc(NC2COC2)nc(C(F)(F)F)n1. The van der Waals surface area contributed by atoms with Gasteiger partial charge in [0.05, 0.1) is 25.4 Å². The highest BCUT2D eigenvalue weighted by Crippen LogP contribution is 2.28. The fourth-order valence-corrected chi connectivity index (χ4v) is 3.49. The highest BCUT2D eigenvalue weighted by Gasteiger charge is 2.36. The van der Waals surface area contributed by atoms with E-state index in [1.54, 1.807) is 0 Å². The summed E-state index contributed by atoms with van der Waals surface area (Å²) in [6.07, 6.45) is -5.68. The molecule has 1 aromatic heterocycles. The highest BCUT2D eigenvalue weighted by molar-refractivity contribution is 5.93. The van der Waals surface area contributed by atoms with E-state index < -0.39 is 29.7 Å². The maximum Gasteiger partial charge on any atom is 0.451 e. The lowest BCUT2D eigenvalue weighted by molar-refractivity contribution is -0.144. The average Bonchev–Trinajstić information content (AvgIpc) is 3.10. The van der Waals surface area contributed by atoms with Gasteiger partial charge in [-0.25, -0.2) is 9.97 Å². The normalized spacial score (nSPS) is 17.7. The van der Waals surface area contributed by atoms with Gasteiger partial charge in [-0.05, 0) is 11.1 Å². The van der Waals surface area contributed by atoms with Gasteiger partial charge in [0.2, 0.25) is 5.82 Å². The number of rotatable bonds is 7. The molecule has 0 unspecified atom stereocenters.